The molecule has 0 heterocycles. The maximum Gasteiger partial charge on any atom is 0.303 e. The normalized spacial score (nSPS) is 11.1. The van der Waals surface area contributed by atoms with Gasteiger partial charge in [-0.25, -0.2) is 0 Å². The summed E-state index contributed by atoms with van der Waals surface area (Å²) in [5.74, 6) is -0.725. The molecule has 0 aromatic heterocycles. The van der Waals surface area contributed by atoms with Gasteiger partial charge in [0.2, 0.25) is 0 Å². The predicted octanol–water partition coefficient (Wildman–Crippen LogP) is 6.39. The first kappa shape index (κ1) is 20.0. The molecule has 26 heavy (non-hydrogen) atoms. The lowest BCUT2D eigenvalue weighted by Crippen LogP contribution is -1.95. The largest absolute Gasteiger partial charge is 0.481 e. The van der Waals surface area contributed by atoms with Gasteiger partial charge in [-0.15, -0.1) is 0 Å². The van der Waals surface area contributed by atoms with Gasteiger partial charge in [-0.3, -0.25) is 4.79 Å². The van der Waals surface area contributed by atoms with Crippen molar-refractivity contribution >= 4 is 18.1 Å². The number of hydrogen-bond acceptors (Lipinski definition) is 1. The fraction of sp³-hybridized carbons (Fsp3) is 0.375. The minimum Gasteiger partial charge on any atom is -0.481 e. The van der Waals surface area contributed by atoms with E-state index in [4.69, 9.17) is 5.11 Å². The molecule has 0 saturated carbocycles. The summed E-state index contributed by atoms with van der Waals surface area (Å²) in [5, 5.41) is 8.69. The Morgan fingerprint density at radius 3 is 1.73 bits per heavy atom. The van der Waals surface area contributed by atoms with Crippen LogP contribution in [0, 0.1) is 0 Å². The van der Waals surface area contributed by atoms with Crippen LogP contribution in [0.2, 0.25) is 0 Å². The van der Waals surface area contributed by atoms with Crippen molar-refractivity contribution in [2.45, 2.75) is 58.3 Å². The molecule has 2 nitrogen and oxygen atoms in total. The summed E-state index contributed by atoms with van der Waals surface area (Å²) in [5.41, 5.74) is 4.99. The molecule has 0 bridgehead atoms. The lowest BCUT2D eigenvalue weighted by molar-refractivity contribution is -0.137. The summed E-state index contributed by atoms with van der Waals surface area (Å²) >= 11 is 0. The summed E-state index contributed by atoms with van der Waals surface area (Å²) in [6.07, 6.45) is 12.4. The Balaban J connectivity index is 1.82. The summed E-state index contributed by atoms with van der Waals surface area (Å²) in [4.78, 5) is 10.6. The first-order valence-corrected chi connectivity index (χ1v) is 9.75. The highest BCUT2D eigenvalue weighted by Crippen LogP contribution is 2.14. The molecule has 0 amide bonds. The van der Waals surface area contributed by atoms with Crippen molar-refractivity contribution in [2.24, 2.45) is 0 Å². The van der Waals surface area contributed by atoms with Gasteiger partial charge in [0.15, 0.2) is 0 Å². The zero-order valence-electron chi connectivity index (χ0n) is 15.8. The monoisotopic (exact) mass is 350 g/mol. The number of carbonyl (C=O) groups is 1. The van der Waals surface area contributed by atoms with Crippen LogP contribution in [-0.4, -0.2) is 11.1 Å². The minimum absolute atomic E-state index is 0.232. The Bertz CT molecular complexity index is 681. The van der Waals surface area contributed by atoms with Crippen LogP contribution in [0.3, 0.4) is 0 Å². The molecule has 2 heteroatoms. The van der Waals surface area contributed by atoms with Gasteiger partial charge >= 0.3 is 5.97 Å². The van der Waals surface area contributed by atoms with E-state index in [-0.39, 0.29) is 6.42 Å². The van der Waals surface area contributed by atoms with Gasteiger partial charge in [-0.1, -0.05) is 86.9 Å². The summed E-state index contributed by atoms with van der Waals surface area (Å²) < 4.78 is 0. The standard InChI is InChI=1S/C24H30O2/c1-2-3-4-5-7-20-10-14-22(15-11-20)18-19-23-16-12-21(13-17-23)8-6-9-24(25)26/h10-19H,2-9H2,1H3,(H,25,26)/b19-18+. The molecule has 2 aromatic carbocycles. The SMILES string of the molecule is CCCCCCc1ccc(/C=C/c2ccc(CCCC(=O)O)cc2)cc1. The van der Waals surface area contributed by atoms with Gasteiger partial charge < -0.3 is 5.11 Å². The van der Waals surface area contributed by atoms with E-state index in [9.17, 15) is 4.79 Å². The molecule has 1 N–H and O–H groups in total. The molecule has 0 aliphatic rings. The van der Waals surface area contributed by atoms with Crippen molar-refractivity contribution in [3.63, 3.8) is 0 Å². The lowest BCUT2D eigenvalue weighted by Gasteiger charge is -2.02. The van der Waals surface area contributed by atoms with Crippen LogP contribution in [-0.2, 0) is 17.6 Å². The second-order valence-electron chi connectivity index (χ2n) is 6.87. The molecular weight excluding hydrogens is 320 g/mol. The van der Waals surface area contributed by atoms with Crippen molar-refractivity contribution in [1.82, 2.24) is 0 Å². The van der Waals surface area contributed by atoms with Crippen molar-refractivity contribution in [3.05, 3.63) is 70.8 Å². The molecule has 0 aliphatic carbocycles. The zero-order valence-corrected chi connectivity index (χ0v) is 15.8. The predicted molar refractivity (Wildman–Crippen MR) is 110 cm³/mol. The molecule has 2 rings (SSSR count). The van der Waals surface area contributed by atoms with Gasteiger partial charge in [0.25, 0.3) is 0 Å². The van der Waals surface area contributed by atoms with E-state index in [1.54, 1.807) is 0 Å². The Morgan fingerprint density at radius 2 is 1.27 bits per heavy atom. The maximum absolute atomic E-state index is 10.6. The Morgan fingerprint density at radius 1 is 0.769 bits per heavy atom. The van der Waals surface area contributed by atoms with E-state index in [1.165, 1.54) is 48.8 Å². The average molecular weight is 351 g/mol. The van der Waals surface area contributed by atoms with Crippen molar-refractivity contribution in [3.8, 4) is 0 Å². The number of hydrogen-bond donors (Lipinski definition) is 1. The molecule has 0 unspecified atom stereocenters. The van der Waals surface area contributed by atoms with Crippen molar-refractivity contribution in [1.29, 1.82) is 0 Å². The van der Waals surface area contributed by atoms with Crippen molar-refractivity contribution in [2.75, 3.05) is 0 Å². The number of carboxylic acid groups (broad SMARTS) is 1. The number of carboxylic acids is 1. The molecular formula is C24H30O2. The second kappa shape index (κ2) is 11.3. The molecule has 0 spiro atoms. The molecule has 0 fully saturated rings. The van der Waals surface area contributed by atoms with Crippen LogP contribution >= 0.6 is 0 Å². The number of aryl methyl sites for hydroxylation is 2. The van der Waals surface area contributed by atoms with E-state index < -0.39 is 5.97 Å². The zero-order chi connectivity index (χ0) is 18.6. The smallest absolute Gasteiger partial charge is 0.303 e. The topological polar surface area (TPSA) is 37.3 Å². The molecule has 138 valence electrons. The van der Waals surface area contributed by atoms with E-state index >= 15 is 0 Å². The number of benzene rings is 2. The van der Waals surface area contributed by atoms with Crippen LogP contribution in [0.25, 0.3) is 12.2 Å². The molecule has 2 aromatic rings. The van der Waals surface area contributed by atoms with Gasteiger partial charge in [0.1, 0.15) is 0 Å². The Hall–Kier alpha value is -2.35. The summed E-state index contributed by atoms with van der Waals surface area (Å²) in [6.45, 7) is 2.24. The Labute approximate surface area is 157 Å². The molecule has 0 atom stereocenters. The third-order valence-corrected chi connectivity index (χ3v) is 4.60. The lowest BCUT2D eigenvalue weighted by atomic mass is 10.0. The third kappa shape index (κ3) is 7.69. The Kier molecular flexibility index (Phi) is 8.68. The van der Waals surface area contributed by atoms with E-state index in [0.717, 1.165) is 12.0 Å². The van der Waals surface area contributed by atoms with Gasteiger partial charge in [0, 0.05) is 6.42 Å². The number of aliphatic carboxylic acids is 1. The maximum atomic E-state index is 10.6. The first-order chi connectivity index (χ1) is 12.7. The fourth-order valence-corrected chi connectivity index (χ4v) is 2.98. The van der Waals surface area contributed by atoms with Crippen molar-refractivity contribution < 1.29 is 9.90 Å². The second-order valence-corrected chi connectivity index (χ2v) is 6.87. The highest BCUT2D eigenvalue weighted by molar-refractivity contribution is 5.69. The van der Waals surface area contributed by atoms with Crippen LogP contribution in [0.1, 0.15) is 67.7 Å². The van der Waals surface area contributed by atoms with Gasteiger partial charge in [-0.2, -0.15) is 0 Å². The average Bonchev–Trinajstić information content (AvgIpc) is 2.65. The fourth-order valence-electron chi connectivity index (χ4n) is 2.98. The molecule has 0 aliphatic heterocycles. The highest BCUT2D eigenvalue weighted by Gasteiger charge is 1.98. The summed E-state index contributed by atoms with van der Waals surface area (Å²) in [7, 11) is 0. The first-order valence-electron chi connectivity index (χ1n) is 9.75. The van der Waals surface area contributed by atoms with Crippen LogP contribution in [0.4, 0.5) is 0 Å². The van der Waals surface area contributed by atoms with Crippen LogP contribution in [0.5, 0.6) is 0 Å². The molecule has 0 radical (unpaired) electrons. The number of rotatable bonds is 11. The van der Waals surface area contributed by atoms with E-state index in [0.29, 0.717) is 6.42 Å². The number of unbranched alkanes of at least 4 members (excludes halogenated alkanes) is 3. The highest BCUT2D eigenvalue weighted by atomic mass is 16.4. The summed E-state index contributed by atoms with van der Waals surface area (Å²) in [6, 6.07) is 17.2. The van der Waals surface area contributed by atoms with E-state index in [1.807, 2.05) is 0 Å². The quantitative estimate of drug-likeness (QED) is 0.377. The minimum atomic E-state index is -0.725. The molecule has 0 saturated heterocycles. The van der Waals surface area contributed by atoms with Crippen LogP contribution < -0.4 is 0 Å². The van der Waals surface area contributed by atoms with Gasteiger partial charge in [-0.05, 0) is 47.9 Å². The van der Waals surface area contributed by atoms with Gasteiger partial charge in [0.05, 0.1) is 0 Å². The third-order valence-electron chi connectivity index (χ3n) is 4.60. The van der Waals surface area contributed by atoms with Crippen LogP contribution in [0.15, 0.2) is 48.5 Å². The van der Waals surface area contributed by atoms with E-state index in [2.05, 4.69) is 67.6 Å².